The normalized spacial score (nSPS) is 21.7. The Morgan fingerprint density at radius 2 is 2.40 bits per heavy atom. The van der Waals surface area contributed by atoms with Gasteiger partial charge in [-0.25, -0.2) is 0 Å². The second-order valence-electron chi connectivity index (χ2n) is 3.32. The molecule has 15 heavy (non-hydrogen) atoms. The molecule has 0 unspecified atom stereocenters. The fraction of sp³-hybridized carbons (Fsp3) is 0.556. The van der Waals surface area contributed by atoms with Crippen molar-refractivity contribution < 1.29 is 9.84 Å². The summed E-state index contributed by atoms with van der Waals surface area (Å²) in [6.45, 7) is 1.91. The summed E-state index contributed by atoms with van der Waals surface area (Å²) < 4.78 is 5.27. The lowest BCUT2D eigenvalue weighted by molar-refractivity contribution is 0.0722. The molecular weight excluding hydrogens is 218 g/mol. The average molecular weight is 230 g/mol. The molecule has 2 rings (SSSR count). The number of anilines is 1. The van der Waals surface area contributed by atoms with Crippen molar-refractivity contribution in [2.24, 2.45) is 0 Å². The highest BCUT2D eigenvalue weighted by Gasteiger charge is 2.23. The standard InChI is InChI=1S/C9H12ClN3O2/c10-8-1-2-9(12-11-8)13-3-4-15-6-7(13)5-14/h1-2,7,14H,3-6H2/t7-/m0/s1. The molecule has 1 saturated heterocycles. The van der Waals surface area contributed by atoms with E-state index in [1.54, 1.807) is 12.1 Å². The van der Waals surface area contributed by atoms with Gasteiger partial charge in [0, 0.05) is 6.54 Å². The molecule has 1 aromatic heterocycles. The van der Waals surface area contributed by atoms with Gasteiger partial charge in [0.1, 0.15) is 0 Å². The first kappa shape index (κ1) is 10.6. The Labute approximate surface area is 92.6 Å². The molecule has 6 heteroatoms. The van der Waals surface area contributed by atoms with Crippen LogP contribution in [0.25, 0.3) is 0 Å². The number of morpholine rings is 1. The van der Waals surface area contributed by atoms with E-state index in [1.807, 2.05) is 4.90 Å². The minimum absolute atomic E-state index is 0.0459. The van der Waals surface area contributed by atoms with E-state index in [-0.39, 0.29) is 12.6 Å². The van der Waals surface area contributed by atoms with Crippen LogP contribution in [-0.4, -0.2) is 47.7 Å². The van der Waals surface area contributed by atoms with Crippen molar-refractivity contribution in [1.82, 2.24) is 10.2 Å². The number of aliphatic hydroxyl groups excluding tert-OH is 1. The lowest BCUT2D eigenvalue weighted by atomic mass is 10.2. The number of aliphatic hydroxyl groups is 1. The second-order valence-corrected chi connectivity index (χ2v) is 3.71. The molecule has 1 aromatic rings. The fourth-order valence-electron chi connectivity index (χ4n) is 1.57. The third-order valence-corrected chi connectivity index (χ3v) is 2.55. The van der Waals surface area contributed by atoms with Crippen LogP contribution >= 0.6 is 11.6 Å². The zero-order valence-corrected chi connectivity index (χ0v) is 8.89. The van der Waals surface area contributed by atoms with Crippen molar-refractivity contribution in [2.45, 2.75) is 6.04 Å². The smallest absolute Gasteiger partial charge is 0.151 e. The molecular formula is C9H12ClN3O2. The van der Waals surface area contributed by atoms with Gasteiger partial charge in [-0.15, -0.1) is 10.2 Å². The summed E-state index contributed by atoms with van der Waals surface area (Å²) >= 11 is 5.65. The van der Waals surface area contributed by atoms with Crippen LogP contribution < -0.4 is 4.90 Å². The predicted octanol–water partition coefficient (Wildman–Crippen LogP) is 0.327. The summed E-state index contributed by atoms with van der Waals surface area (Å²) in [6, 6.07) is 3.44. The highest BCUT2D eigenvalue weighted by Crippen LogP contribution is 2.17. The first-order valence-electron chi connectivity index (χ1n) is 4.75. The molecule has 1 fully saturated rings. The zero-order valence-electron chi connectivity index (χ0n) is 8.14. The maximum absolute atomic E-state index is 9.18. The van der Waals surface area contributed by atoms with Crippen molar-refractivity contribution in [2.75, 3.05) is 31.3 Å². The van der Waals surface area contributed by atoms with Gasteiger partial charge in [-0.1, -0.05) is 11.6 Å². The topological polar surface area (TPSA) is 58.5 Å². The van der Waals surface area contributed by atoms with E-state index in [9.17, 15) is 5.11 Å². The predicted molar refractivity (Wildman–Crippen MR) is 56.1 cm³/mol. The van der Waals surface area contributed by atoms with Gasteiger partial charge in [0.15, 0.2) is 11.0 Å². The molecule has 82 valence electrons. The van der Waals surface area contributed by atoms with Gasteiger partial charge in [-0.3, -0.25) is 0 Å². The van der Waals surface area contributed by atoms with Gasteiger partial charge in [0.05, 0.1) is 25.9 Å². The highest BCUT2D eigenvalue weighted by atomic mass is 35.5. The van der Waals surface area contributed by atoms with E-state index in [4.69, 9.17) is 16.3 Å². The SMILES string of the molecule is OC[C@H]1COCCN1c1ccc(Cl)nn1. The van der Waals surface area contributed by atoms with Gasteiger partial charge in [-0.05, 0) is 12.1 Å². The van der Waals surface area contributed by atoms with E-state index in [0.717, 1.165) is 5.82 Å². The van der Waals surface area contributed by atoms with Gasteiger partial charge in [-0.2, -0.15) is 0 Å². The molecule has 0 saturated carbocycles. The molecule has 0 aliphatic carbocycles. The number of halogens is 1. The molecule has 2 heterocycles. The first-order chi connectivity index (χ1) is 7.31. The van der Waals surface area contributed by atoms with Crippen LogP contribution in [0, 0.1) is 0 Å². The van der Waals surface area contributed by atoms with Gasteiger partial charge >= 0.3 is 0 Å². The molecule has 1 aliphatic rings. The van der Waals surface area contributed by atoms with Crippen molar-refractivity contribution >= 4 is 17.4 Å². The van der Waals surface area contributed by atoms with Gasteiger partial charge in [0.25, 0.3) is 0 Å². The molecule has 0 aromatic carbocycles. The molecule has 1 N–H and O–H groups in total. The summed E-state index contributed by atoms with van der Waals surface area (Å²) in [5, 5.41) is 17.3. The summed E-state index contributed by atoms with van der Waals surface area (Å²) in [4.78, 5) is 1.98. The van der Waals surface area contributed by atoms with E-state index in [0.29, 0.717) is 24.9 Å². The second kappa shape index (κ2) is 4.74. The maximum Gasteiger partial charge on any atom is 0.151 e. The number of hydrogen-bond acceptors (Lipinski definition) is 5. The van der Waals surface area contributed by atoms with Crippen molar-refractivity contribution in [1.29, 1.82) is 0 Å². The zero-order chi connectivity index (χ0) is 10.7. The molecule has 1 aliphatic heterocycles. The van der Waals surface area contributed by atoms with E-state index < -0.39 is 0 Å². The average Bonchev–Trinajstić information content (AvgIpc) is 2.30. The summed E-state index contributed by atoms with van der Waals surface area (Å²) in [6.07, 6.45) is 0. The number of aromatic nitrogens is 2. The maximum atomic E-state index is 9.18. The van der Waals surface area contributed by atoms with Gasteiger partial charge < -0.3 is 14.7 Å². The first-order valence-corrected chi connectivity index (χ1v) is 5.13. The summed E-state index contributed by atoms with van der Waals surface area (Å²) in [5.74, 6) is 0.724. The van der Waals surface area contributed by atoms with Crippen LogP contribution in [-0.2, 0) is 4.74 Å². The van der Waals surface area contributed by atoms with Crippen LogP contribution in [0.1, 0.15) is 0 Å². The van der Waals surface area contributed by atoms with Crippen LogP contribution in [0.2, 0.25) is 5.15 Å². The lowest BCUT2D eigenvalue weighted by Gasteiger charge is -2.34. The van der Waals surface area contributed by atoms with E-state index >= 15 is 0 Å². The third kappa shape index (κ3) is 2.37. The monoisotopic (exact) mass is 229 g/mol. The lowest BCUT2D eigenvalue weighted by Crippen LogP contribution is -2.48. The largest absolute Gasteiger partial charge is 0.394 e. The Kier molecular flexibility index (Phi) is 3.35. The Bertz CT molecular complexity index is 320. The fourth-order valence-corrected chi connectivity index (χ4v) is 1.67. The number of hydrogen-bond donors (Lipinski definition) is 1. The number of nitrogens with zero attached hydrogens (tertiary/aromatic N) is 3. The van der Waals surface area contributed by atoms with Crippen LogP contribution in [0.15, 0.2) is 12.1 Å². The van der Waals surface area contributed by atoms with Crippen molar-refractivity contribution in [3.8, 4) is 0 Å². The highest BCUT2D eigenvalue weighted by molar-refractivity contribution is 6.29. The summed E-state index contributed by atoms with van der Waals surface area (Å²) in [5.41, 5.74) is 0. The Hall–Kier alpha value is -0.910. The third-order valence-electron chi connectivity index (χ3n) is 2.35. The molecule has 1 atom stereocenters. The van der Waals surface area contributed by atoms with Crippen molar-refractivity contribution in [3.63, 3.8) is 0 Å². The Balaban J connectivity index is 2.16. The Morgan fingerprint density at radius 3 is 3.07 bits per heavy atom. The summed E-state index contributed by atoms with van der Waals surface area (Å²) in [7, 11) is 0. The number of ether oxygens (including phenoxy) is 1. The minimum atomic E-state index is -0.0470. The van der Waals surface area contributed by atoms with Crippen LogP contribution in [0.3, 0.4) is 0 Å². The van der Waals surface area contributed by atoms with Crippen LogP contribution in [0.4, 0.5) is 5.82 Å². The van der Waals surface area contributed by atoms with Gasteiger partial charge in [0.2, 0.25) is 0 Å². The van der Waals surface area contributed by atoms with E-state index in [1.165, 1.54) is 0 Å². The number of rotatable bonds is 2. The quantitative estimate of drug-likeness (QED) is 0.792. The van der Waals surface area contributed by atoms with Crippen LogP contribution in [0.5, 0.6) is 0 Å². The molecule has 0 amide bonds. The van der Waals surface area contributed by atoms with E-state index in [2.05, 4.69) is 10.2 Å². The Morgan fingerprint density at radius 1 is 1.53 bits per heavy atom. The minimum Gasteiger partial charge on any atom is -0.394 e. The molecule has 5 nitrogen and oxygen atoms in total. The molecule has 0 bridgehead atoms. The van der Waals surface area contributed by atoms with Crippen molar-refractivity contribution in [3.05, 3.63) is 17.3 Å². The molecule has 0 spiro atoms. The molecule has 0 radical (unpaired) electrons.